The molecule has 4 nitrogen and oxygen atoms in total. The summed E-state index contributed by atoms with van der Waals surface area (Å²) < 4.78 is 18.9. The van der Waals surface area contributed by atoms with Gasteiger partial charge in [0, 0.05) is 27.1 Å². The van der Waals surface area contributed by atoms with E-state index in [4.69, 9.17) is 13.7 Å². The van der Waals surface area contributed by atoms with Crippen molar-refractivity contribution in [1.29, 1.82) is 0 Å². The highest BCUT2D eigenvalue weighted by Gasteiger charge is 2.52. The highest BCUT2D eigenvalue weighted by atomic mass is 16.7. The Morgan fingerprint density at radius 2 is 1.48 bits per heavy atom. The van der Waals surface area contributed by atoms with Crippen molar-refractivity contribution in [2.24, 2.45) is 0 Å². The summed E-state index contributed by atoms with van der Waals surface area (Å²) in [6.45, 7) is 8.32. The number of rotatable bonds is 1. The normalized spacial score (nSPS) is 18.6. The van der Waals surface area contributed by atoms with Crippen LogP contribution in [0.2, 0.25) is 0 Å². The van der Waals surface area contributed by atoms with E-state index in [-0.39, 0.29) is 11.2 Å². The molecule has 0 spiro atoms. The third-order valence-corrected chi connectivity index (χ3v) is 6.68. The van der Waals surface area contributed by atoms with Crippen molar-refractivity contribution in [2.75, 3.05) is 0 Å². The van der Waals surface area contributed by atoms with Crippen molar-refractivity contribution >= 4 is 56.3 Å². The van der Waals surface area contributed by atoms with Crippen LogP contribution < -0.4 is 5.46 Å². The van der Waals surface area contributed by atoms with Gasteiger partial charge < -0.3 is 18.7 Å². The van der Waals surface area contributed by atoms with Crippen molar-refractivity contribution in [2.45, 2.75) is 38.9 Å². The molecule has 2 aromatic heterocycles. The van der Waals surface area contributed by atoms with Gasteiger partial charge in [0.15, 0.2) is 0 Å². The summed E-state index contributed by atoms with van der Waals surface area (Å²) in [6, 6.07) is 18.7. The predicted molar refractivity (Wildman–Crippen MR) is 119 cm³/mol. The zero-order chi connectivity index (χ0) is 20.0. The Balaban J connectivity index is 1.64. The highest BCUT2D eigenvalue weighted by Crippen LogP contribution is 2.39. The van der Waals surface area contributed by atoms with E-state index in [2.05, 4.69) is 69.1 Å². The molecule has 0 atom stereocenters. The molecule has 1 aliphatic heterocycles. The lowest BCUT2D eigenvalue weighted by Crippen LogP contribution is -2.41. The molecular weight excluding hydrogens is 361 g/mol. The van der Waals surface area contributed by atoms with Crippen LogP contribution in [0.3, 0.4) is 0 Å². The quantitative estimate of drug-likeness (QED) is 0.388. The minimum Gasteiger partial charge on any atom is -0.455 e. The molecule has 5 heteroatoms. The maximum absolute atomic E-state index is 6.32. The number of furan rings is 1. The molecule has 0 saturated carbocycles. The van der Waals surface area contributed by atoms with Crippen LogP contribution in [0.15, 0.2) is 59.0 Å². The van der Waals surface area contributed by atoms with Gasteiger partial charge in [-0.3, -0.25) is 0 Å². The molecular formula is C24H22BNO3. The van der Waals surface area contributed by atoms with Gasteiger partial charge >= 0.3 is 7.12 Å². The fourth-order valence-electron chi connectivity index (χ4n) is 4.38. The first-order chi connectivity index (χ1) is 13.9. The third-order valence-electron chi connectivity index (χ3n) is 6.68. The Morgan fingerprint density at radius 3 is 2.28 bits per heavy atom. The molecule has 0 bridgehead atoms. The van der Waals surface area contributed by atoms with Crippen LogP contribution in [0.1, 0.15) is 27.7 Å². The highest BCUT2D eigenvalue weighted by molar-refractivity contribution is 6.65. The Bertz CT molecular complexity index is 1410. The minimum absolute atomic E-state index is 0.377. The monoisotopic (exact) mass is 383 g/mol. The van der Waals surface area contributed by atoms with Gasteiger partial charge in [-0.05, 0) is 45.9 Å². The second-order valence-electron chi connectivity index (χ2n) is 8.95. The second-order valence-corrected chi connectivity index (χ2v) is 8.95. The molecule has 0 radical (unpaired) electrons. The molecule has 29 heavy (non-hydrogen) atoms. The fraction of sp³-hybridized carbons (Fsp3) is 0.250. The second kappa shape index (κ2) is 5.44. The van der Waals surface area contributed by atoms with Crippen LogP contribution in [0.25, 0.3) is 43.7 Å². The molecule has 1 fully saturated rings. The first kappa shape index (κ1) is 17.1. The molecule has 5 aromatic rings. The van der Waals surface area contributed by atoms with E-state index in [1.807, 2.05) is 18.2 Å². The largest absolute Gasteiger partial charge is 0.497 e. The van der Waals surface area contributed by atoms with Crippen LogP contribution in [-0.4, -0.2) is 23.3 Å². The van der Waals surface area contributed by atoms with Gasteiger partial charge in [-0.1, -0.05) is 36.4 Å². The third kappa shape index (κ3) is 2.23. The number of H-pyrrole nitrogens is 1. The van der Waals surface area contributed by atoms with Gasteiger partial charge in [0.1, 0.15) is 11.2 Å². The Kier molecular flexibility index (Phi) is 3.21. The van der Waals surface area contributed by atoms with Crippen LogP contribution in [0.5, 0.6) is 0 Å². The van der Waals surface area contributed by atoms with Gasteiger partial charge in [0.25, 0.3) is 0 Å². The summed E-state index contributed by atoms with van der Waals surface area (Å²) in [5.41, 5.74) is 4.17. The number of para-hydroxylation sites is 2. The summed E-state index contributed by atoms with van der Waals surface area (Å²) >= 11 is 0. The minimum atomic E-state index is -0.414. The summed E-state index contributed by atoms with van der Waals surface area (Å²) in [6.07, 6.45) is 0. The van der Waals surface area contributed by atoms with Crippen molar-refractivity contribution in [1.82, 2.24) is 4.98 Å². The molecule has 1 saturated heterocycles. The number of aromatic amines is 1. The molecule has 1 N–H and O–H groups in total. The average molecular weight is 383 g/mol. The van der Waals surface area contributed by atoms with E-state index in [0.717, 1.165) is 49.2 Å². The molecule has 6 rings (SSSR count). The Labute approximate surface area is 168 Å². The van der Waals surface area contributed by atoms with Gasteiger partial charge in [0.05, 0.1) is 22.1 Å². The van der Waals surface area contributed by atoms with E-state index >= 15 is 0 Å². The van der Waals surface area contributed by atoms with Crippen molar-refractivity contribution in [3.05, 3.63) is 54.6 Å². The van der Waals surface area contributed by atoms with Crippen LogP contribution in [-0.2, 0) is 9.31 Å². The number of benzene rings is 3. The van der Waals surface area contributed by atoms with Crippen LogP contribution >= 0.6 is 0 Å². The van der Waals surface area contributed by atoms with Gasteiger partial charge in [-0.25, -0.2) is 0 Å². The summed E-state index contributed by atoms with van der Waals surface area (Å²) in [7, 11) is -0.414. The number of aromatic nitrogens is 1. The lowest BCUT2D eigenvalue weighted by molar-refractivity contribution is 0.00578. The number of fused-ring (bicyclic) bond motifs is 7. The zero-order valence-corrected chi connectivity index (χ0v) is 17.0. The van der Waals surface area contributed by atoms with Crippen molar-refractivity contribution in [3.63, 3.8) is 0 Å². The Hall–Kier alpha value is -2.76. The number of hydrogen-bond acceptors (Lipinski definition) is 3. The van der Waals surface area contributed by atoms with Gasteiger partial charge in [-0.15, -0.1) is 0 Å². The predicted octanol–water partition coefficient (Wildman–Crippen LogP) is 5.52. The van der Waals surface area contributed by atoms with Gasteiger partial charge in [-0.2, -0.15) is 0 Å². The van der Waals surface area contributed by atoms with Crippen molar-refractivity contribution < 1.29 is 13.7 Å². The van der Waals surface area contributed by atoms with E-state index < -0.39 is 7.12 Å². The first-order valence-corrected chi connectivity index (χ1v) is 10.1. The zero-order valence-electron chi connectivity index (χ0n) is 17.0. The topological polar surface area (TPSA) is 47.4 Å². The SMILES string of the molecule is CC1(C)OB(c2cccc3c2[nH]c2ccc4c5ccccc5oc4c23)OC1(C)C. The number of hydrogen-bond donors (Lipinski definition) is 1. The fourth-order valence-corrected chi connectivity index (χ4v) is 4.38. The summed E-state index contributed by atoms with van der Waals surface area (Å²) in [5.74, 6) is 0. The van der Waals surface area contributed by atoms with Crippen LogP contribution in [0.4, 0.5) is 0 Å². The van der Waals surface area contributed by atoms with Crippen molar-refractivity contribution in [3.8, 4) is 0 Å². The van der Waals surface area contributed by atoms with E-state index in [1.165, 1.54) is 0 Å². The summed E-state index contributed by atoms with van der Waals surface area (Å²) in [4.78, 5) is 3.59. The molecule has 3 heterocycles. The van der Waals surface area contributed by atoms with E-state index in [0.29, 0.717) is 0 Å². The molecule has 3 aromatic carbocycles. The molecule has 0 amide bonds. The number of nitrogens with one attached hydrogen (secondary N) is 1. The molecule has 0 aliphatic carbocycles. The standard InChI is InChI=1S/C24H22BNO3/c1-23(2)24(3,4)29-25(28-23)17-10-7-9-16-20-18(26-21(16)17)13-12-15-14-8-5-6-11-19(14)27-22(15)20/h5-13,26H,1-4H3. The maximum atomic E-state index is 6.32. The smallest absolute Gasteiger partial charge is 0.455 e. The summed E-state index contributed by atoms with van der Waals surface area (Å²) in [5, 5.41) is 4.50. The first-order valence-electron chi connectivity index (χ1n) is 10.1. The molecule has 0 unspecified atom stereocenters. The Morgan fingerprint density at radius 1 is 0.759 bits per heavy atom. The van der Waals surface area contributed by atoms with E-state index in [9.17, 15) is 0 Å². The van der Waals surface area contributed by atoms with E-state index in [1.54, 1.807) is 0 Å². The average Bonchev–Trinajstić information content (AvgIpc) is 3.30. The van der Waals surface area contributed by atoms with Crippen LogP contribution in [0, 0.1) is 0 Å². The lowest BCUT2D eigenvalue weighted by atomic mass is 9.78. The molecule has 144 valence electrons. The lowest BCUT2D eigenvalue weighted by Gasteiger charge is -2.32. The molecule has 1 aliphatic rings. The van der Waals surface area contributed by atoms with Gasteiger partial charge in [0.2, 0.25) is 0 Å². The maximum Gasteiger partial charge on any atom is 0.497 e.